The predicted molar refractivity (Wildman–Crippen MR) is 285 cm³/mol. The Morgan fingerprint density at radius 3 is 1.52 bits per heavy atom. The van der Waals surface area contributed by atoms with E-state index in [2.05, 4.69) is 231 Å². The fourth-order valence-electron chi connectivity index (χ4n) is 16.1. The van der Waals surface area contributed by atoms with Crippen LogP contribution in [0.3, 0.4) is 0 Å². The van der Waals surface area contributed by atoms with Crippen LogP contribution in [0.5, 0.6) is 0 Å². The average molecular weight is 886 g/mol. The van der Waals surface area contributed by atoms with E-state index >= 15 is 0 Å². The molecule has 0 saturated heterocycles. The van der Waals surface area contributed by atoms with Crippen molar-refractivity contribution in [1.29, 1.82) is 0 Å². The summed E-state index contributed by atoms with van der Waals surface area (Å²) in [6.07, 6.45) is 6.99. The van der Waals surface area contributed by atoms with Gasteiger partial charge in [-0.05, 0) is 182 Å². The second-order valence-electron chi connectivity index (χ2n) is 22.0. The van der Waals surface area contributed by atoms with E-state index in [1.807, 2.05) is 0 Å². The number of anilines is 3. The van der Waals surface area contributed by atoms with Crippen LogP contribution >= 0.6 is 0 Å². The molecule has 0 N–H and O–H groups in total. The van der Waals surface area contributed by atoms with Crippen LogP contribution in [0.1, 0.15) is 90.5 Å². The summed E-state index contributed by atoms with van der Waals surface area (Å²) in [4.78, 5) is 2.55. The Morgan fingerprint density at radius 1 is 0.348 bits per heavy atom. The number of hydrogen-bond acceptors (Lipinski definition) is 1. The first kappa shape index (κ1) is 39.7. The first-order chi connectivity index (χ1) is 33.9. The minimum atomic E-state index is -0.531. The molecule has 4 fully saturated rings. The van der Waals surface area contributed by atoms with E-state index in [1.165, 1.54) is 121 Å². The molecule has 0 radical (unpaired) electrons. The van der Waals surface area contributed by atoms with Gasteiger partial charge in [-0.3, -0.25) is 0 Å². The molecule has 16 rings (SSSR count). The van der Waals surface area contributed by atoms with Gasteiger partial charge in [0, 0.05) is 27.8 Å². The Kier molecular flexibility index (Phi) is 8.30. The van der Waals surface area contributed by atoms with Crippen LogP contribution in [0.2, 0.25) is 0 Å². The lowest BCUT2D eigenvalue weighted by Gasteiger charge is -2.61. The maximum Gasteiger partial charge on any atom is 0.0713 e. The molecule has 0 amide bonds. The summed E-state index contributed by atoms with van der Waals surface area (Å²) in [5.41, 5.74) is 24.9. The minimum Gasteiger partial charge on any atom is -0.310 e. The molecule has 1 spiro atoms. The van der Waals surface area contributed by atoms with E-state index in [1.54, 1.807) is 11.1 Å². The standard InChI is InChI=1S/C68H55N/c1-66(2)59-25-13-9-21-52(59)56-32-31-51(42-64(56)66)69(50-19-7-4-8-20-50)65-34-30-47(67(46-17-5-3-6-18-46)60-26-14-10-22-53(60)54-23-11-15-27-61(54)67)41-57(65)45-29-33-63-58(40-45)55-24-12-16-28-62(55)68(63)48-36-43-35-44(38-48)39-49(68)37-43/h3-34,40-44,48-49H,35-39H2,1-2H3. The highest BCUT2D eigenvalue weighted by Crippen LogP contribution is 2.70. The van der Waals surface area contributed by atoms with Gasteiger partial charge >= 0.3 is 0 Å². The van der Waals surface area contributed by atoms with Crippen molar-refractivity contribution in [2.24, 2.45) is 23.7 Å². The summed E-state index contributed by atoms with van der Waals surface area (Å²) < 4.78 is 0. The lowest BCUT2D eigenvalue weighted by molar-refractivity contribution is -0.0399. The van der Waals surface area contributed by atoms with Gasteiger partial charge in [0.05, 0.1) is 11.1 Å². The number of fused-ring (bicyclic) bond motifs is 9. The fraction of sp³-hybridized carbons (Fsp3) is 0.206. The third kappa shape index (κ3) is 5.26. The van der Waals surface area contributed by atoms with Crippen LogP contribution in [0.4, 0.5) is 17.1 Å². The van der Waals surface area contributed by atoms with Gasteiger partial charge < -0.3 is 4.90 Å². The van der Waals surface area contributed by atoms with Crippen molar-refractivity contribution in [2.75, 3.05) is 4.90 Å². The Hall–Kier alpha value is -7.22. The highest BCUT2D eigenvalue weighted by molar-refractivity contribution is 5.95. The maximum atomic E-state index is 2.62. The van der Waals surface area contributed by atoms with Gasteiger partial charge in [0.2, 0.25) is 0 Å². The molecule has 0 heterocycles. The van der Waals surface area contributed by atoms with Crippen LogP contribution in [0, 0.1) is 23.7 Å². The van der Waals surface area contributed by atoms with Crippen molar-refractivity contribution in [3.63, 3.8) is 0 Å². The van der Waals surface area contributed by atoms with Gasteiger partial charge in [0.1, 0.15) is 0 Å². The lowest BCUT2D eigenvalue weighted by atomic mass is 9.43. The molecule has 9 aromatic carbocycles. The Morgan fingerprint density at radius 2 is 0.870 bits per heavy atom. The molecule has 0 atom stereocenters. The van der Waals surface area contributed by atoms with E-state index in [0.29, 0.717) is 0 Å². The lowest BCUT2D eigenvalue weighted by Crippen LogP contribution is -2.55. The maximum absolute atomic E-state index is 2.62. The van der Waals surface area contributed by atoms with Gasteiger partial charge in [0.25, 0.3) is 0 Å². The monoisotopic (exact) mass is 885 g/mol. The normalized spacial score (nSPS) is 22.9. The van der Waals surface area contributed by atoms with E-state index in [9.17, 15) is 0 Å². The van der Waals surface area contributed by atoms with E-state index < -0.39 is 5.41 Å². The molecule has 4 bridgehead atoms. The van der Waals surface area contributed by atoms with Gasteiger partial charge in [-0.2, -0.15) is 0 Å². The van der Waals surface area contributed by atoms with Crippen LogP contribution in [-0.2, 0) is 16.2 Å². The first-order valence-corrected chi connectivity index (χ1v) is 25.7. The topological polar surface area (TPSA) is 3.24 Å². The van der Waals surface area contributed by atoms with Crippen LogP contribution in [0.25, 0.3) is 44.5 Å². The van der Waals surface area contributed by atoms with Crippen LogP contribution in [-0.4, -0.2) is 0 Å². The zero-order valence-corrected chi connectivity index (χ0v) is 39.5. The zero-order chi connectivity index (χ0) is 45.6. The second-order valence-corrected chi connectivity index (χ2v) is 22.0. The highest BCUT2D eigenvalue weighted by atomic mass is 15.1. The molecule has 332 valence electrons. The number of benzene rings is 9. The molecule has 0 aromatic heterocycles. The molecule has 7 aliphatic rings. The van der Waals surface area contributed by atoms with Crippen LogP contribution < -0.4 is 4.90 Å². The summed E-state index contributed by atoms with van der Waals surface area (Å²) in [6.45, 7) is 4.79. The fourth-order valence-corrected chi connectivity index (χ4v) is 16.1. The zero-order valence-electron chi connectivity index (χ0n) is 39.5. The van der Waals surface area contributed by atoms with E-state index in [4.69, 9.17) is 0 Å². The number of rotatable bonds is 6. The molecular weight excluding hydrogens is 831 g/mol. The summed E-state index contributed by atoms with van der Waals surface area (Å²) in [5, 5.41) is 0. The Balaban J connectivity index is 1.01. The summed E-state index contributed by atoms with van der Waals surface area (Å²) >= 11 is 0. The smallest absolute Gasteiger partial charge is 0.0713 e. The van der Waals surface area contributed by atoms with E-state index in [-0.39, 0.29) is 10.8 Å². The molecule has 1 heteroatoms. The largest absolute Gasteiger partial charge is 0.310 e. The van der Waals surface area contributed by atoms with E-state index in [0.717, 1.165) is 29.4 Å². The average Bonchev–Trinajstić information content (AvgIpc) is 3.95. The molecule has 69 heavy (non-hydrogen) atoms. The third-order valence-corrected chi connectivity index (χ3v) is 18.5. The van der Waals surface area contributed by atoms with Gasteiger partial charge in [-0.15, -0.1) is 0 Å². The van der Waals surface area contributed by atoms with Crippen molar-refractivity contribution in [2.45, 2.75) is 62.2 Å². The molecule has 7 aliphatic carbocycles. The molecule has 0 unspecified atom stereocenters. The Labute approximate surface area is 407 Å². The van der Waals surface area contributed by atoms with Crippen molar-refractivity contribution < 1.29 is 0 Å². The number of nitrogens with zero attached hydrogens (tertiary/aromatic N) is 1. The molecule has 9 aromatic rings. The highest BCUT2D eigenvalue weighted by Gasteiger charge is 2.61. The molecule has 1 nitrogen and oxygen atoms in total. The summed E-state index contributed by atoms with van der Waals surface area (Å²) in [6, 6.07) is 81.8. The van der Waals surface area contributed by atoms with Gasteiger partial charge in [0.15, 0.2) is 0 Å². The summed E-state index contributed by atoms with van der Waals surface area (Å²) in [7, 11) is 0. The molecule has 4 saturated carbocycles. The predicted octanol–water partition coefficient (Wildman–Crippen LogP) is 17.2. The quantitative estimate of drug-likeness (QED) is 0.161. The number of para-hydroxylation sites is 1. The van der Waals surface area contributed by atoms with Crippen molar-refractivity contribution in [1.82, 2.24) is 0 Å². The van der Waals surface area contributed by atoms with Crippen LogP contribution in [0.15, 0.2) is 212 Å². The van der Waals surface area contributed by atoms with Crippen molar-refractivity contribution >= 4 is 17.1 Å². The summed E-state index contributed by atoms with van der Waals surface area (Å²) in [5.74, 6) is 3.25. The Bertz CT molecular complexity index is 3480. The minimum absolute atomic E-state index is 0.113. The first-order valence-electron chi connectivity index (χ1n) is 25.7. The third-order valence-electron chi connectivity index (χ3n) is 18.5. The van der Waals surface area contributed by atoms with Crippen molar-refractivity contribution in [3.05, 3.63) is 257 Å². The van der Waals surface area contributed by atoms with Gasteiger partial charge in [-0.25, -0.2) is 0 Å². The molecule has 0 aliphatic heterocycles. The van der Waals surface area contributed by atoms with Crippen molar-refractivity contribution in [3.8, 4) is 44.5 Å². The molecular formula is C68H55N. The number of hydrogen-bond donors (Lipinski definition) is 0. The van der Waals surface area contributed by atoms with Gasteiger partial charge in [-0.1, -0.05) is 184 Å². The SMILES string of the molecule is CC1(C)c2ccccc2-c2ccc(N(c3ccccc3)c3ccc(C4(c5ccccc5)c5ccccc5-c5ccccc54)cc3-c3ccc4c(c3)-c3ccccc3C43C4CC5CC(C4)CC3C5)cc21. The second kappa shape index (κ2) is 14.4.